The van der Waals surface area contributed by atoms with Gasteiger partial charge in [0.15, 0.2) is 29.0 Å². The van der Waals surface area contributed by atoms with Gasteiger partial charge in [0.1, 0.15) is 28.8 Å². The predicted molar refractivity (Wildman–Crippen MR) is 144 cm³/mol. The third-order valence-electron chi connectivity index (χ3n) is 6.07. The van der Waals surface area contributed by atoms with Gasteiger partial charge in [0.25, 0.3) is 0 Å². The standard InChI is InChI=1S/C28H25F2N7O3/c1-4-23(38)21-12-31-14-25(33-21)34-27-24(39-3)13-32-28(35-27)26-17-8-6-7-9-22(17)37(36-26)15-18-19(29)10-16(40-5-2)11-20(18)30/h6-14H,4-5,15H2,1-3H3,(H,32,33,34,35). The van der Waals surface area contributed by atoms with Gasteiger partial charge in [-0.1, -0.05) is 25.1 Å². The van der Waals surface area contributed by atoms with Gasteiger partial charge in [0.2, 0.25) is 0 Å². The van der Waals surface area contributed by atoms with Crippen molar-refractivity contribution in [1.29, 1.82) is 0 Å². The smallest absolute Gasteiger partial charge is 0.183 e. The number of nitrogens with zero attached hydrogens (tertiary/aromatic N) is 6. The number of hydrogen-bond acceptors (Lipinski definition) is 9. The minimum absolute atomic E-state index is 0.119. The molecular weight excluding hydrogens is 520 g/mol. The van der Waals surface area contributed by atoms with Gasteiger partial charge in [-0.3, -0.25) is 14.5 Å². The van der Waals surface area contributed by atoms with Crippen LogP contribution in [0.2, 0.25) is 0 Å². The highest BCUT2D eigenvalue weighted by molar-refractivity contribution is 5.94. The number of rotatable bonds is 10. The highest BCUT2D eigenvalue weighted by atomic mass is 19.1. The van der Waals surface area contributed by atoms with Gasteiger partial charge in [-0.15, -0.1) is 0 Å². The van der Waals surface area contributed by atoms with Crippen molar-refractivity contribution >= 4 is 28.3 Å². The van der Waals surface area contributed by atoms with Gasteiger partial charge in [-0.2, -0.15) is 5.10 Å². The number of hydrogen-bond donors (Lipinski definition) is 1. The molecule has 0 spiro atoms. The molecule has 0 saturated carbocycles. The average molecular weight is 546 g/mol. The van der Waals surface area contributed by atoms with Crippen LogP contribution < -0.4 is 14.8 Å². The summed E-state index contributed by atoms with van der Waals surface area (Å²) in [6.45, 7) is 3.60. The fourth-order valence-corrected chi connectivity index (χ4v) is 4.13. The van der Waals surface area contributed by atoms with Crippen molar-refractivity contribution < 1.29 is 23.0 Å². The van der Waals surface area contributed by atoms with Crippen molar-refractivity contribution in [1.82, 2.24) is 29.7 Å². The zero-order valence-electron chi connectivity index (χ0n) is 22.0. The Morgan fingerprint density at radius 2 is 1.82 bits per heavy atom. The minimum atomic E-state index is -0.735. The van der Waals surface area contributed by atoms with Crippen LogP contribution in [0.3, 0.4) is 0 Å². The molecule has 0 aliphatic heterocycles. The summed E-state index contributed by atoms with van der Waals surface area (Å²) in [5, 5.41) is 8.35. The second kappa shape index (κ2) is 11.4. The van der Waals surface area contributed by atoms with Crippen LogP contribution in [0.25, 0.3) is 22.4 Å². The number of para-hydroxylation sites is 1. The van der Waals surface area contributed by atoms with E-state index in [1.165, 1.54) is 30.4 Å². The van der Waals surface area contributed by atoms with E-state index in [0.29, 0.717) is 41.2 Å². The van der Waals surface area contributed by atoms with E-state index in [4.69, 9.17) is 9.47 Å². The van der Waals surface area contributed by atoms with Crippen molar-refractivity contribution in [2.24, 2.45) is 0 Å². The molecule has 12 heteroatoms. The summed E-state index contributed by atoms with van der Waals surface area (Å²) in [5.74, 6) is -0.385. The summed E-state index contributed by atoms with van der Waals surface area (Å²) >= 11 is 0. The number of ketones is 1. The molecule has 5 rings (SSSR count). The first-order chi connectivity index (χ1) is 19.4. The lowest BCUT2D eigenvalue weighted by atomic mass is 10.1. The normalized spacial score (nSPS) is 11.0. The number of anilines is 2. The fourth-order valence-electron chi connectivity index (χ4n) is 4.13. The van der Waals surface area contributed by atoms with Crippen LogP contribution in [0.15, 0.2) is 55.0 Å². The van der Waals surface area contributed by atoms with E-state index in [2.05, 4.69) is 30.4 Å². The van der Waals surface area contributed by atoms with Crippen LogP contribution >= 0.6 is 0 Å². The first kappa shape index (κ1) is 26.6. The number of halogens is 2. The number of Topliss-reactive ketones (excluding diaryl/α,β-unsaturated/α-hetero) is 1. The van der Waals surface area contributed by atoms with Crippen molar-refractivity contribution in [2.45, 2.75) is 26.8 Å². The molecule has 0 amide bonds. The lowest BCUT2D eigenvalue weighted by Gasteiger charge is -2.11. The third-order valence-corrected chi connectivity index (χ3v) is 6.07. The van der Waals surface area contributed by atoms with Crippen molar-refractivity contribution in [2.75, 3.05) is 19.0 Å². The first-order valence-corrected chi connectivity index (χ1v) is 12.5. The molecular formula is C28H25F2N7O3. The van der Waals surface area contributed by atoms with Crippen molar-refractivity contribution in [3.63, 3.8) is 0 Å². The number of carbonyl (C=O) groups excluding carboxylic acids is 1. The number of benzene rings is 2. The summed E-state index contributed by atoms with van der Waals surface area (Å²) < 4.78 is 41.9. The number of fused-ring (bicyclic) bond motifs is 1. The average Bonchev–Trinajstić information content (AvgIpc) is 3.33. The summed E-state index contributed by atoms with van der Waals surface area (Å²) in [5.41, 5.74) is 1.10. The molecule has 0 bridgehead atoms. The van der Waals surface area contributed by atoms with E-state index in [9.17, 15) is 13.6 Å². The summed E-state index contributed by atoms with van der Waals surface area (Å²) in [7, 11) is 1.47. The molecule has 40 heavy (non-hydrogen) atoms. The van der Waals surface area contributed by atoms with Crippen LogP contribution in [0.4, 0.5) is 20.4 Å². The lowest BCUT2D eigenvalue weighted by molar-refractivity contribution is 0.0983. The number of methoxy groups -OCH3 is 1. The molecule has 10 nitrogen and oxygen atoms in total. The van der Waals surface area contributed by atoms with Crippen LogP contribution in [-0.2, 0) is 6.54 Å². The Kier molecular flexibility index (Phi) is 7.58. The number of aromatic nitrogens is 6. The Labute approximate surface area is 228 Å². The summed E-state index contributed by atoms with van der Waals surface area (Å²) in [4.78, 5) is 29.5. The van der Waals surface area contributed by atoms with Crippen LogP contribution in [0.1, 0.15) is 36.3 Å². The fraction of sp³-hybridized carbons (Fsp3) is 0.214. The molecule has 2 aromatic carbocycles. The molecule has 204 valence electrons. The Morgan fingerprint density at radius 1 is 1.05 bits per heavy atom. The molecule has 0 saturated heterocycles. The molecule has 0 atom stereocenters. The van der Waals surface area contributed by atoms with Crippen LogP contribution in [-0.4, -0.2) is 49.2 Å². The number of ether oxygens (including phenoxy) is 2. The molecule has 3 heterocycles. The second-order valence-corrected chi connectivity index (χ2v) is 8.62. The van der Waals surface area contributed by atoms with E-state index in [0.717, 1.165) is 12.1 Å². The minimum Gasteiger partial charge on any atom is -0.494 e. The maximum Gasteiger partial charge on any atom is 0.183 e. The molecule has 1 N–H and O–H groups in total. The van der Waals surface area contributed by atoms with E-state index in [-0.39, 0.29) is 41.0 Å². The third kappa shape index (κ3) is 5.28. The highest BCUT2D eigenvalue weighted by Gasteiger charge is 2.20. The molecule has 0 aliphatic carbocycles. The van der Waals surface area contributed by atoms with Crippen LogP contribution in [0, 0.1) is 11.6 Å². The molecule has 0 radical (unpaired) electrons. The SMILES string of the molecule is CCOc1cc(F)c(Cn2nc(-c3ncc(OC)c(Nc4cncc(C(=O)CC)n4)n3)c3ccccc32)c(F)c1. The van der Waals surface area contributed by atoms with E-state index >= 15 is 0 Å². The zero-order chi connectivity index (χ0) is 28.2. The largest absolute Gasteiger partial charge is 0.494 e. The molecule has 0 fully saturated rings. The van der Waals surface area contributed by atoms with Gasteiger partial charge in [0, 0.05) is 29.5 Å². The van der Waals surface area contributed by atoms with Crippen molar-refractivity contribution in [3.8, 4) is 23.0 Å². The van der Waals surface area contributed by atoms with Gasteiger partial charge >= 0.3 is 0 Å². The molecule has 3 aromatic heterocycles. The Bertz CT molecular complexity index is 1680. The second-order valence-electron chi connectivity index (χ2n) is 8.62. The van der Waals surface area contributed by atoms with Crippen molar-refractivity contribution in [3.05, 3.63) is 77.9 Å². The van der Waals surface area contributed by atoms with Gasteiger partial charge in [-0.25, -0.2) is 23.7 Å². The Hall–Kier alpha value is -5.00. The van der Waals surface area contributed by atoms with E-state index in [1.807, 2.05) is 12.1 Å². The highest BCUT2D eigenvalue weighted by Crippen LogP contribution is 2.31. The molecule has 5 aromatic rings. The number of carbonyl (C=O) groups is 1. The van der Waals surface area contributed by atoms with E-state index < -0.39 is 11.6 Å². The zero-order valence-corrected chi connectivity index (χ0v) is 22.0. The molecule has 0 unspecified atom stereocenters. The summed E-state index contributed by atoms with van der Waals surface area (Å²) in [6, 6.07) is 9.57. The van der Waals surface area contributed by atoms with Gasteiger partial charge in [-0.05, 0) is 13.0 Å². The maximum atomic E-state index is 14.9. The first-order valence-electron chi connectivity index (χ1n) is 12.5. The van der Waals surface area contributed by atoms with Gasteiger partial charge in [0.05, 0.1) is 44.4 Å². The monoisotopic (exact) mass is 545 g/mol. The number of nitrogens with one attached hydrogen (secondary N) is 1. The topological polar surface area (TPSA) is 117 Å². The molecule has 0 aliphatic rings. The summed E-state index contributed by atoms with van der Waals surface area (Å²) in [6.07, 6.45) is 4.62. The quantitative estimate of drug-likeness (QED) is 0.232. The Balaban J connectivity index is 1.54. The van der Waals surface area contributed by atoms with Crippen LogP contribution in [0.5, 0.6) is 11.5 Å². The Morgan fingerprint density at radius 3 is 2.55 bits per heavy atom. The predicted octanol–water partition coefficient (Wildman–Crippen LogP) is 5.35. The van der Waals surface area contributed by atoms with Gasteiger partial charge < -0.3 is 14.8 Å². The van der Waals surface area contributed by atoms with E-state index in [1.54, 1.807) is 26.0 Å². The lowest BCUT2D eigenvalue weighted by Crippen LogP contribution is -2.08. The maximum absolute atomic E-state index is 14.9.